The Morgan fingerprint density at radius 1 is 1.03 bits per heavy atom. The molecular weight excluding hydrogens is 508 g/mol. The molecule has 0 atom stereocenters. The molecule has 2 heterocycles. The Morgan fingerprint density at radius 2 is 1.78 bits per heavy atom. The second-order valence-corrected chi connectivity index (χ2v) is 11.3. The van der Waals surface area contributed by atoms with Crippen molar-refractivity contribution in [1.82, 2.24) is 19.6 Å². The Hall–Kier alpha value is -3.50. The molecule has 2 aromatic heterocycles. The smallest absolute Gasteiger partial charge is 0.328 e. The van der Waals surface area contributed by atoms with E-state index in [0.29, 0.717) is 36.2 Å². The summed E-state index contributed by atoms with van der Waals surface area (Å²) in [7, 11) is -4.07. The fourth-order valence-corrected chi connectivity index (χ4v) is 6.05. The number of benzene rings is 2. The first kappa shape index (κ1) is 26.6. The van der Waals surface area contributed by atoms with Crippen LogP contribution in [0.25, 0.3) is 21.5 Å². The normalized spacial score (nSPS) is 11.5. The summed E-state index contributed by atoms with van der Waals surface area (Å²) in [5.41, 5.74) is 2.73. The third kappa shape index (κ3) is 6.08. The summed E-state index contributed by atoms with van der Waals surface area (Å²) in [4.78, 5) is 30.1. The third-order valence-electron chi connectivity index (χ3n) is 5.95. The van der Waals surface area contributed by atoms with Gasteiger partial charge >= 0.3 is 6.03 Å². The molecule has 4 aromatic rings. The number of hydrogen-bond donors (Lipinski definition) is 2. The molecule has 2 amide bonds. The van der Waals surface area contributed by atoms with Crippen LogP contribution in [0.4, 0.5) is 4.79 Å². The Labute approximate surface area is 220 Å². The summed E-state index contributed by atoms with van der Waals surface area (Å²) < 4.78 is 30.0. The zero-order valence-electron chi connectivity index (χ0n) is 20.9. The molecule has 0 saturated heterocycles. The Morgan fingerprint density at radius 3 is 2.51 bits per heavy atom. The van der Waals surface area contributed by atoms with Gasteiger partial charge in [-0.25, -0.2) is 22.9 Å². The van der Waals surface area contributed by atoms with Gasteiger partial charge < -0.3 is 9.88 Å². The van der Waals surface area contributed by atoms with E-state index in [0.717, 1.165) is 35.5 Å². The van der Waals surface area contributed by atoms with Crippen LogP contribution in [0.15, 0.2) is 69.7 Å². The van der Waals surface area contributed by atoms with Crippen LogP contribution in [0.2, 0.25) is 0 Å². The molecule has 0 aliphatic carbocycles. The maximum Gasteiger partial charge on any atom is 0.328 e. The lowest BCUT2D eigenvalue weighted by Gasteiger charge is -2.13. The average Bonchev–Trinajstić information content (AvgIpc) is 3.24. The zero-order chi connectivity index (χ0) is 26.4. The molecule has 37 heavy (non-hydrogen) atoms. The molecule has 0 unspecified atom stereocenters. The standard InChI is InChI=1S/C27H30N4O4S2/c1-3-5-10-24-29-26-25(22(32)15-17-36-26)31(24)18-19-11-13-20(14-12-19)21-8-6-7-9-23(21)37(34,35)30-27(33)28-16-4-2/h6-9,11-15,17H,3-5,10,16,18H2,1-2H3,(H2,28,30,33). The number of unbranched alkanes of at least 4 members (excludes halogenated alkanes) is 1. The van der Waals surface area contributed by atoms with E-state index >= 15 is 0 Å². The second kappa shape index (κ2) is 11.7. The Kier molecular flexibility index (Phi) is 8.40. The van der Waals surface area contributed by atoms with Crippen molar-refractivity contribution in [2.75, 3.05) is 6.54 Å². The van der Waals surface area contributed by atoms with E-state index in [1.54, 1.807) is 29.6 Å². The van der Waals surface area contributed by atoms with Crippen LogP contribution >= 0.6 is 11.3 Å². The van der Waals surface area contributed by atoms with Crippen LogP contribution in [0.1, 0.15) is 44.5 Å². The number of amides is 2. The lowest BCUT2D eigenvalue weighted by molar-refractivity contribution is 0.246. The fraction of sp³-hybridized carbons (Fsp3) is 0.296. The topological polar surface area (TPSA) is 110 Å². The number of sulfonamides is 1. The van der Waals surface area contributed by atoms with Gasteiger partial charge in [-0.05, 0) is 41.5 Å². The number of nitrogens with zero attached hydrogens (tertiary/aromatic N) is 2. The lowest BCUT2D eigenvalue weighted by atomic mass is 10.0. The van der Waals surface area contributed by atoms with Crippen molar-refractivity contribution in [1.29, 1.82) is 0 Å². The number of urea groups is 1. The van der Waals surface area contributed by atoms with E-state index in [1.165, 1.54) is 17.4 Å². The van der Waals surface area contributed by atoms with Crippen molar-refractivity contribution in [2.24, 2.45) is 0 Å². The third-order valence-corrected chi connectivity index (χ3v) is 8.12. The van der Waals surface area contributed by atoms with Crippen molar-refractivity contribution in [3.8, 4) is 11.1 Å². The minimum Gasteiger partial charge on any atom is -0.337 e. The van der Waals surface area contributed by atoms with Gasteiger partial charge in [0.15, 0.2) is 0 Å². The van der Waals surface area contributed by atoms with Crippen LogP contribution in [0.5, 0.6) is 0 Å². The maximum atomic E-state index is 12.9. The van der Waals surface area contributed by atoms with Crippen LogP contribution in [0, 0.1) is 0 Å². The summed E-state index contributed by atoms with van der Waals surface area (Å²) in [5, 5.41) is 4.29. The Bertz CT molecular complexity index is 1560. The van der Waals surface area contributed by atoms with Crippen molar-refractivity contribution >= 4 is 37.7 Å². The van der Waals surface area contributed by atoms with Gasteiger partial charge in [0, 0.05) is 25.1 Å². The number of aromatic nitrogens is 2. The van der Waals surface area contributed by atoms with Crippen molar-refractivity contribution < 1.29 is 13.2 Å². The molecule has 2 aromatic carbocycles. The van der Waals surface area contributed by atoms with Crippen molar-refractivity contribution in [3.63, 3.8) is 0 Å². The monoisotopic (exact) mass is 538 g/mol. The van der Waals surface area contributed by atoms with Crippen LogP contribution in [-0.2, 0) is 23.0 Å². The SMILES string of the molecule is CCCCc1nc2sccc(=O)c2n1Cc1ccc(-c2ccccc2S(=O)(=O)NC(=O)NCCC)cc1. The highest BCUT2D eigenvalue weighted by atomic mass is 32.2. The molecule has 0 radical (unpaired) electrons. The van der Waals surface area contributed by atoms with Gasteiger partial charge in [0.25, 0.3) is 10.0 Å². The van der Waals surface area contributed by atoms with Gasteiger partial charge in [-0.3, -0.25) is 4.79 Å². The minimum absolute atomic E-state index is 0.0225. The highest BCUT2D eigenvalue weighted by Gasteiger charge is 2.21. The first-order valence-corrected chi connectivity index (χ1v) is 14.7. The van der Waals surface area contributed by atoms with E-state index < -0.39 is 16.1 Å². The van der Waals surface area contributed by atoms with Gasteiger partial charge in [-0.2, -0.15) is 0 Å². The summed E-state index contributed by atoms with van der Waals surface area (Å²) in [6, 6.07) is 15.0. The molecule has 2 N–H and O–H groups in total. The minimum atomic E-state index is -4.07. The predicted molar refractivity (Wildman–Crippen MR) is 147 cm³/mol. The number of carbonyl (C=O) groups is 1. The Balaban J connectivity index is 1.63. The molecule has 10 heteroatoms. The zero-order valence-corrected chi connectivity index (χ0v) is 22.5. The van der Waals surface area contributed by atoms with Crippen LogP contribution in [-0.4, -0.2) is 30.5 Å². The molecule has 0 saturated carbocycles. The molecule has 4 rings (SSSR count). The first-order valence-electron chi connectivity index (χ1n) is 12.3. The summed E-state index contributed by atoms with van der Waals surface area (Å²) in [5.74, 6) is 0.893. The summed E-state index contributed by atoms with van der Waals surface area (Å²) in [6.45, 7) is 4.87. The number of hydrogen-bond acceptors (Lipinski definition) is 6. The van der Waals surface area contributed by atoms with Gasteiger partial charge in [0.1, 0.15) is 16.2 Å². The molecular formula is C27H30N4O4S2. The number of imidazole rings is 1. The number of fused-ring (bicyclic) bond motifs is 1. The number of aryl methyl sites for hydroxylation is 1. The van der Waals surface area contributed by atoms with E-state index in [9.17, 15) is 18.0 Å². The number of nitrogens with one attached hydrogen (secondary N) is 2. The van der Waals surface area contributed by atoms with Gasteiger partial charge in [-0.1, -0.05) is 62.7 Å². The highest BCUT2D eigenvalue weighted by Crippen LogP contribution is 2.28. The van der Waals surface area contributed by atoms with E-state index in [4.69, 9.17) is 4.98 Å². The van der Waals surface area contributed by atoms with Crippen LogP contribution < -0.4 is 15.5 Å². The molecule has 0 aliphatic heterocycles. The van der Waals surface area contributed by atoms with Gasteiger partial charge in [0.2, 0.25) is 5.43 Å². The van der Waals surface area contributed by atoms with Crippen LogP contribution in [0.3, 0.4) is 0 Å². The largest absolute Gasteiger partial charge is 0.337 e. The number of carbonyl (C=O) groups excluding carboxylic acids is 1. The van der Waals surface area contributed by atoms with Gasteiger partial charge in [-0.15, -0.1) is 11.3 Å². The second-order valence-electron chi connectivity index (χ2n) is 8.71. The highest BCUT2D eigenvalue weighted by molar-refractivity contribution is 7.90. The molecule has 0 fully saturated rings. The number of rotatable bonds is 10. The first-order chi connectivity index (χ1) is 17.8. The average molecular weight is 539 g/mol. The predicted octanol–water partition coefficient (Wildman–Crippen LogP) is 4.91. The molecule has 0 aliphatic rings. The summed E-state index contributed by atoms with van der Waals surface area (Å²) in [6.07, 6.45) is 3.50. The quantitative estimate of drug-likeness (QED) is 0.298. The molecule has 0 bridgehead atoms. The van der Waals surface area contributed by atoms with E-state index in [1.807, 2.05) is 35.8 Å². The fourth-order valence-electron chi connectivity index (χ4n) is 4.09. The lowest BCUT2D eigenvalue weighted by Crippen LogP contribution is -2.39. The molecule has 194 valence electrons. The van der Waals surface area contributed by atoms with E-state index in [-0.39, 0.29) is 10.3 Å². The van der Waals surface area contributed by atoms with Crippen molar-refractivity contribution in [2.45, 2.75) is 51.0 Å². The molecule has 0 spiro atoms. The van der Waals surface area contributed by atoms with Crippen molar-refractivity contribution in [3.05, 3.63) is 81.6 Å². The molecule has 8 nitrogen and oxygen atoms in total. The maximum absolute atomic E-state index is 12.9. The van der Waals surface area contributed by atoms with E-state index in [2.05, 4.69) is 17.0 Å². The summed E-state index contributed by atoms with van der Waals surface area (Å²) >= 11 is 1.46. The van der Waals surface area contributed by atoms with Gasteiger partial charge in [0.05, 0.1) is 4.90 Å².